The molecule has 0 radical (unpaired) electrons. The second-order valence-electron chi connectivity index (χ2n) is 3.22. The van der Waals surface area contributed by atoms with Crippen LogP contribution in [0.25, 0.3) is 0 Å². The normalized spacial score (nSPS) is 26.3. The molecule has 0 aromatic rings. The van der Waals surface area contributed by atoms with E-state index in [1.165, 1.54) is 12.8 Å². The number of hydrogen-bond donors (Lipinski definition) is 0. The molecule has 1 saturated heterocycles. The van der Waals surface area contributed by atoms with Gasteiger partial charge in [0.15, 0.2) is 0 Å². The van der Waals surface area contributed by atoms with Crippen LogP contribution < -0.4 is 0 Å². The zero-order valence-electron chi connectivity index (χ0n) is 10.1. The minimum atomic E-state index is 0.513. The van der Waals surface area contributed by atoms with E-state index in [0.29, 0.717) is 6.10 Å². The highest BCUT2D eigenvalue weighted by atomic mass is 16.5. The van der Waals surface area contributed by atoms with Crippen molar-refractivity contribution in [3.63, 3.8) is 0 Å². The van der Waals surface area contributed by atoms with Crippen LogP contribution in [0.1, 0.15) is 40.5 Å². The Kier molecular flexibility index (Phi) is 14.1. The van der Waals surface area contributed by atoms with Crippen molar-refractivity contribution in [2.75, 3.05) is 20.8 Å². The summed E-state index contributed by atoms with van der Waals surface area (Å²) in [7, 11) is 3.25. The number of hydrogen-bond acceptors (Lipinski definition) is 2. The molecule has 2 atom stereocenters. The van der Waals surface area contributed by atoms with Gasteiger partial charge in [0.25, 0.3) is 0 Å². The van der Waals surface area contributed by atoms with Gasteiger partial charge in [-0.1, -0.05) is 20.8 Å². The molecule has 0 bridgehead atoms. The summed E-state index contributed by atoms with van der Waals surface area (Å²) in [6, 6.07) is 0. The summed E-state index contributed by atoms with van der Waals surface area (Å²) in [6.07, 6.45) is 3.02. The van der Waals surface area contributed by atoms with Gasteiger partial charge in [-0.2, -0.15) is 0 Å². The highest BCUT2D eigenvalue weighted by molar-refractivity contribution is 4.63. The summed E-state index contributed by atoms with van der Waals surface area (Å²) in [4.78, 5) is 0. The molecule has 0 spiro atoms. The molecule has 1 aliphatic heterocycles. The van der Waals surface area contributed by atoms with Gasteiger partial charge in [-0.05, 0) is 25.7 Å². The number of rotatable bonds is 0. The van der Waals surface area contributed by atoms with Crippen LogP contribution in [0.5, 0.6) is 0 Å². The topological polar surface area (TPSA) is 18.5 Å². The summed E-state index contributed by atoms with van der Waals surface area (Å²) in [5.74, 6) is 0.888. The van der Waals surface area contributed by atoms with Gasteiger partial charge in [0.05, 0.1) is 6.10 Å². The zero-order chi connectivity index (χ0) is 10.7. The van der Waals surface area contributed by atoms with Gasteiger partial charge in [-0.25, -0.2) is 0 Å². The van der Waals surface area contributed by atoms with Crippen LogP contribution in [0.15, 0.2) is 0 Å². The predicted molar refractivity (Wildman–Crippen MR) is 58.1 cm³/mol. The average Bonchev–Trinajstić information content (AvgIpc) is 2.08. The molecule has 0 saturated carbocycles. The molecule has 1 aliphatic rings. The monoisotopic (exact) mass is 190 g/mol. The summed E-state index contributed by atoms with van der Waals surface area (Å²) in [5, 5.41) is 0. The molecular weight excluding hydrogens is 164 g/mol. The van der Waals surface area contributed by atoms with Gasteiger partial charge in [0, 0.05) is 20.8 Å². The van der Waals surface area contributed by atoms with E-state index in [2.05, 4.69) is 18.6 Å². The van der Waals surface area contributed by atoms with E-state index in [1.54, 1.807) is 14.2 Å². The molecule has 82 valence electrons. The lowest BCUT2D eigenvalue weighted by Crippen LogP contribution is -2.20. The summed E-state index contributed by atoms with van der Waals surface area (Å²) < 4.78 is 9.60. The zero-order valence-corrected chi connectivity index (χ0v) is 10.1. The van der Waals surface area contributed by atoms with E-state index in [9.17, 15) is 0 Å². The quantitative estimate of drug-likeness (QED) is 0.584. The third kappa shape index (κ3) is 11.9. The Balaban J connectivity index is 0. The molecular formula is C11H26O2. The van der Waals surface area contributed by atoms with Gasteiger partial charge in [0.2, 0.25) is 0 Å². The van der Waals surface area contributed by atoms with Crippen LogP contribution >= 0.6 is 0 Å². The first-order chi connectivity index (χ1) is 6.20. The Morgan fingerprint density at radius 2 is 1.62 bits per heavy atom. The Morgan fingerprint density at radius 3 is 1.85 bits per heavy atom. The van der Waals surface area contributed by atoms with E-state index in [1.807, 2.05) is 13.8 Å². The molecule has 0 aromatic carbocycles. The molecule has 0 aliphatic carbocycles. The molecule has 1 heterocycles. The second-order valence-corrected chi connectivity index (χ2v) is 3.22. The fourth-order valence-electron chi connectivity index (χ4n) is 1.22. The largest absolute Gasteiger partial charge is 0.388 e. The van der Waals surface area contributed by atoms with E-state index in [0.717, 1.165) is 12.5 Å². The molecule has 2 unspecified atom stereocenters. The van der Waals surface area contributed by atoms with Crippen LogP contribution in [0.3, 0.4) is 0 Å². The second kappa shape index (κ2) is 11.9. The highest BCUT2D eigenvalue weighted by Crippen LogP contribution is 2.18. The van der Waals surface area contributed by atoms with Gasteiger partial charge in [0.1, 0.15) is 0 Å². The molecule has 1 fully saturated rings. The Morgan fingerprint density at radius 1 is 1.15 bits per heavy atom. The van der Waals surface area contributed by atoms with Crippen LogP contribution in [-0.2, 0) is 9.47 Å². The predicted octanol–water partition coefficient (Wildman–Crippen LogP) is 3.11. The van der Waals surface area contributed by atoms with Gasteiger partial charge >= 0.3 is 0 Å². The van der Waals surface area contributed by atoms with Crippen molar-refractivity contribution in [1.82, 2.24) is 0 Å². The van der Waals surface area contributed by atoms with Crippen molar-refractivity contribution >= 4 is 0 Å². The number of ether oxygens (including phenoxy) is 2. The fraction of sp³-hybridized carbons (Fsp3) is 1.00. The maximum absolute atomic E-state index is 5.35. The van der Waals surface area contributed by atoms with Crippen molar-refractivity contribution in [1.29, 1.82) is 0 Å². The van der Waals surface area contributed by atoms with E-state index in [4.69, 9.17) is 4.74 Å². The molecule has 0 N–H and O–H groups in total. The standard InChI is InChI=1S/C7H14O.C2H6O.C2H6/c1-6-3-4-8-7(2)5-6;1-3-2;1-2/h6-7H,3-5H2,1-2H3;1-2H3;1-2H3. The molecule has 2 nitrogen and oxygen atoms in total. The SMILES string of the molecule is CC.CC1CCOC(C)C1.COC. The van der Waals surface area contributed by atoms with Gasteiger partial charge < -0.3 is 9.47 Å². The summed E-state index contributed by atoms with van der Waals surface area (Å²) in [5.41, 5.74) is 0. The highest BCUT2D eigenvalue weighted by Gasteiger charge is 2.13. The molecule has 1 rings (SSSR count). The minimum absolute atomic E-state index is 0.513. The van der Waals surface area contributed by atoms with Crippen molar-refractivity contribution in [2.45, 2.75) is 46.6 Å². The first kappa shape index (κ1) is 15.4. The van der Waals surface area contributed by atoms with Crippen molar-refractivity contribution in [3.05, 3.63) is 0 Å². The molecule has 0 aromatic heterocycles. The molecule has 13 heavy (non-hydrogen) atoms. The Hall–Kier alpha value is -0.0800. The first-order valence-corrected chi connectivity index (χ1v) is 5.22. The third-order valence-electron chi connectivity index (χ3n) is 1.75. The van der Waals surface area contributed by atoms with Crippen LogP contribution in [0, 0.1) is 5.92 Å². The fourth-order valence-corrected chi connectivity index (χ4v) is 1.22. The summed E-state index contributed by atoms with van der Waals surface area (Å²) in [6.45, 7) is 9.41. The third-order valence-corrected chi connectivity index (χ3v) is 1.75. The van der Waals surface area contributed by atoms with Crippen molar-refractivity contribution in [2.24, 2.45) is 5.92 Å². The summed E-state index contributed by atoms with van der Waals surface area (Å²) >= 11 is 0. The van der Waals surface area contributed by atoms with Crippen molar-refractivity contribution in [3.8, 4) is 0 Å². The van der Waals surface area contributed by atoms with Crippen LogP contribution in [-0.4, -0.2) is 26.9 Å². The smallest absolute Gasteiger partial charge is 0.0549 e. The van der Waals surface area contributed by atoms with Crippen LogP contribution in [0.4, 0.5) is 0 Å². The van der Waals surface area contributed by atoms with Crippen LogP contribution in [0.2, 0.25) is 0 Å². The Labute approximate surface area is 83.6 Å². The molecule has 0 amide bonds. The van der Waals surface area contributed by atoms with E-state index in [-0.39, 0.29) is 0 Å². The van der Waals surface area contributed by atoms with E-state index >= 15 is 0 Å². The minimum Gasteiger partial charge on any atom is -0.388 e. The van der Waals surface area contributed by atoms with Gasteiger partial charge in [-0.3, -0.25) is 0 Å². The lowest BCUT2D eigenvalue weighted by Gasteiger charge is -2.23. The first-order valence-electron chi connectivity index (χ1n) is 5.22. The van der Waals surface area contributed by atoms with E-state index < -0.39 is 0 Å². The van der Waals surface area contributed by atoms with Gasteiger partial charge in [-0.15, -0.1) is 0 Å². The Bertz CT molecular complexity index is 76.2. The lowest BCUT2D eigenvalue weighted by molar-refractivity contribution is 0.00682. The molecule has 2 heteroatoms. The van der Waals surface area contributed by atoms with Crippen molar-refractivity contribution < 1.29 is 9.47 Å². The maximum atomic E-state index is 5.35. The average molecular weight is 190 g/mol. The maximum Gasteiger partial charge on any atom is 0.0549 e. The lowest BCUT2D eigenvalue weighted by atomic mass is 9.99. The number of methoxy groups -OCH3 is 1.